The highest BCUT2D eigenvalue weighted by atomic mass is 16.5. The molecule has 0 aromatic heterocycles. The number of amides is 2. The van der Waals surface area contributed by atoms with Gasteiger partial charge in [0.05, 0.1) is 13.2 Å². The van der Waals surface area contributed by atoms with E-state index in [1.807, 2.05) is 48.5 Å². The van der Waals surface area contributed by atoms with Crippen LogP contribution in [-0.4, -0.2) is 49.1 Å². The van der Waals surface area contributed by atoms with E-state index in [1.165, 1.54) is 0 Å². The average Bonchev–Trinajstić information content (AvgIpc) is 2.73. The monoisotopic (exact) mass is 365 g/mol. The number of fused-ring (bicyclic) bond motifs is 1. The lowest BCUT2D eigenvalue weighted by atomic mass is 9.93. The van der Waals surface area contributed by atoms with Crippen LogP contribution in [0.25, 0.3) is 0 Å². The maximum Gasteiger partial charge on any atom is 0.254 e. The molecule has 0 aliphatic carbocycles. The van der Waals surface area contributed by atoms with Crippen LogP contribution in [0, 0.1) is 0 Å². The summed E-state index contributed by atoms with van der Waals surface area (Å²) in [6.07, 6.45) is 0.461. The third-order valence-corrected chi connectivity index (χ3v) is 5.33. The Balaban J connectivity index is 1.56. The Bertz CT molecular complexity index is 844. The van der Waals surface area contributed by atoms with Crippen LogP contribution in [0.3, 0.4) is 0 Å². The third-order valence-electron chi connectivity index (χ3n) is 5.33. The first kappa shape index (κ1) is 17.5. The molecule has 4 rings (SSSR count). The minimum atomic E-state index is -0.619. The molecule has 2 N–H and O–H groups in total. The zero-order valence-electron chi connectivity index (χ0n) is 15.1. The van der Waals surface area contributed by atoms with E-state index in [0.29, 0.717) is 31.7 Å². The van der Waals surface area contributed by atoms with Crippen molar-refractivity contribution in [1.82, 2.24) is 4.90 Å². The van der Waals surface area contributed by atoms with E-state index in [1.54, 1.807) is 4.90 Å². The molecule has 140 valence electrons. The standard InChI is InChI=1S/C21H23N3O3/c22-20(25)19-13-16-3-1-2-4-17(16)14-24(19)21(26)15-5-7-18(8-6-15)23-9-11-27-12-10-23/h1-8,19H,9-14H2,(H2,22,25)/t19-/m0/s1. The summed E-state index contributed by atoms with van der Waals surface area (Å²) in [5.41, 5.74) is 9.38. The van der Waals surface area contributed by atoms with E-state index in [9.17, 15) is 9.59 Å². The number of carbonyl (C=O) groups excluding carboxylic acids is 2. The predicted molar refractivity (Wildman–Crippen MR) is 102 cm³/mol. The number of rotatable bonds is 3. The van der Waals surface area contributed by atoms with Crippen molar-refractivity contribution in [2.45, 2.75) is 19.0 Å². The zero-order chi connectivity index (χ0) is 18.8. The van der Waals surface area contributed by atoms with Crippen molar-refractivity contribution in [3.8, 4) is 0 Å². The van der Waals surface area contributed by atoms with Gasteiger partial charge in [0.2, 0.25) is 5.91 Å². The van der Waals surface area contributed by atoms with Crippen LogP contribution in [0.1, 0.15) is 21.5 Å². The van der Waals surface area contributed by atoms with E-state index in [2.05, 4.69) is 4.90 Å². The van der Waals surface area contributed by atoms with Gasteiger partial charge < -0.3 is 20.3 Å². The second kappa shape index (κ2) is 7.40. The van der Waals surface area contributed by atoms with E-state index < -0.39 is 11.9 Å². The molecule has 2 aromatic rings. The number of ether oxygens (including phenoxy) is 1. The number of anilines is 1. The molecule has 2 aliphatic rings. The molecule has 2 amide bonds. The summed E-state index contributed by atoms with van der Waals surface area (Å²) in [5, 5.41) is 0. The maximum absolute atomic E-state index is 13.1. The number of carbonyl (C=O) groups is 2. The molecule has 0 unspecified atom stereocenters. The first-order chi connectivity index (χ1) is 13.1. The Morgan fingerprint density at radius 1 is 0.963 bits per heavy atom. The highest BCUT2D eigenvalue weighted by Gasteiger charge is 2.33. The number of morpholine rings is 1. The summed E-state index contributed by atoms with van der Waals surface area (Å²) in [7, 11) is 0. The van der Waals surface area contributed by atoms with E-state index in [-0.39, 0.29) is 5.91 Å². The van der Waals surface area contributed by atoms with Gasteiger partial charge in [0.25, 0.3) is 5.91 Å². The molecule has 0 spiro atoms. The van der Waals surface area contributed by atoms with E-state index >= 15 is 0 Å². The number of nitrogens with zero attached hydrogens (tertiary/aromatic N) is 2. The fraction of sp³-hybridized carbons (Fsp3) is 0.333. The van der Waals surface area contributed by atoms with Crippen molar-refractivity contribution in [1.29, 1.82) is 0 Å². The van der Waals surface area contributed by atoms with Gasteiger partial charge in [0, 0.05) is 37.3 Å². The number of primary amides is 1. The van der Waals surface area contributed by atoms with Crippen LogP contribution in [0.4, 0.5) is 5.69 Å². The minimum Gasteiger partial charge on any atom is -0.378 e. The van der Waals surface area contributed by atoms with Crippen LogP contribution >= 0.6 is 0 Å². The average molecular weight is 365 g/mol. The molecule has 6 heteroatoms. The summed E-state index contributed by atoms with van der Waals surface area (Å²) < 4.78 is 5.38. The normalized spacial score (nSPS) is 19.5. The highest BCUT2D eigenvalue weighted by molar-refractivity contribution is 5.98. The fourth-order valence-electron chi connectivity index (χ4n) is 3.79. The molecule has 0 radical (unpaired) electrons. The van der Waals surface area contributed by atoms with Crippen LogP contribution in [0.2, 0.25) is 0 Å². The molecule has 6 nitrogen and oxygen atoms in total. The lowest BCUT2D eigenvalue weighted by Gasteiger charge is -2.35. The van der Waals surface area contributed by atoms with E-state index in [4.69, 9.17) is 10.5 Å². The predicted octanol–water partition coefficient (Wildman–Crippen LogP) is 1.58. The highest BCUT2D eigenvalue weighted by Crippen LogP contribution is 2.26. The van der Waals surface area contributed by atoms with Crippen molar-refractivity contribution in [2.75, 3.05) is 31.2 Å². The van der Waals surface area contributed by atoms with Crippen molar-refractivity contribution in [3.05, 3.63) is 65.2 Å². The van der Waals surface area contributed by atoms with Crippen molar-refractivity contribution in [3.63, 3.8) is 0 Å². The lowest BCUT2D eigenvalue weighted by Crippen LogP contribution is -2.51. The summed E-state index contributed by atoms with van der Waals surface area (Å²) in [6.45, 7) is 3.52. The molecule has 2 aliphatic heterocycles. The molecule has 0 bridgehead atoms. The molecule has 1 fully saturated rings. The van der Waals surface area contributed by atoms with Crippen LogP contribution in [0.5, 0.6) is 0 Å². The maximum atomic E-state index is 13.1. The lowest BCUT2D eigenvalue weighted by molar-refractivity contribution is -0.122. The van der Waals surface area contributed by atoms with Gasteiger partial charge in [-0.3, -0.25) is 9.59 Å². The number of benzene rings is 2. The minimum absolute atomic E-state index is 0.165. The second-order valence-corrected chi connectivity index (χ2v) is 6.97. The summed E-state index contributed by atoms with van der Waals surface area (Å²) >= 11 is 0. The SMILES string of the molecule is NC(=O)[C@@H]1Cc2ccccc2CN1C(=O)c1ccc(N2CCOCC2)cc1. The topological polar surface area (TPSA) is 75.9 Å². The van der Waals surface area contributed by atoms with Gasteiger partial charge >= 0.3 is 0 Å². The molecule has 2 aromatic carbocycles. The first-order valence-corrected chi connectivity index (χ1v) is 9.23. The number of hydrogen-bond acceptors (Lipinski definition) is 4. The Kier molecular flexibility index (Phi) is 4.81. The third kappa shape index (κ3) is 3.53. The van der Waals surface area contributed by atoms with Crippen molar-refractivity contribution < 1.29 is 14.3 Å². The molecule has 1 atom stereocenters. The Morgan fingerprint density at radius 2 is 1.63 bits per heavy atom. The Morgan fingerprint density at radius 3 is 2.30 bits per heavy atom. The number of nitrogens with two attached hydrogens (primary N) is 1. The van der Waals surface area contributed by atoms with Crippen LogP contribution < -0.4 is 10.6 Å². The van der Waals surface area contributed by atoms with Gasteiger partial charge in [0.15, 0.2) is 0 Å². The molecule has 0 saturated carbocycles. The quantitative estimate of drug-likeness (QED) is 0.896. The Hall–Kier alpha value is -2.86. The molecule has 27 heavy (non-hydrogen) atoms. The first-order valence-electron chi connectivity index (χ1n) is 9.23. The van der Waals surface area contributed by atoms with Crippen LogP contribution in [0.15, 0.2) is 48.5 Å². The van der Waals surface area contributed by atoms with Gasteiger partial charge in [0.1, 0.15) is 6.04 Å². The summed E-state index contributed by atoms with van der Waals surface area (Å²) in [6, 6.07) is 14.8. The van der Waals surface area contributed by atoms with Gasteiger partial charge in [-0.15, -0.1) is 0 Å². The largest absolute Gasteiger partial charge is 0.378 e. The summed E-state index contributed by atoms with van der Waals surface area (Å²) in [5.74, 6) is -0.635. The van der Waals surface area contributed by atoms with Crippen molar-refractivity contribution >= 4 is 17.5 Å². The molecule has 1 saturated heterocycles. The van der Waals surface area contributed by atoms with Gasteiger partial charge in [-0.1, -0.05) is 24.3 Å². The fourth-order valence-corrected chi connectivity index (χ4v) is 3.79. The van der Waals surface area contributed by atoms with Gasteiger partial charge in [-0.25, -0.2) is 0 Å². The second-order valence-electron chi connectivity index (χ2n) is 6.97. The van der Waals surface area contributed by atoms with E-state index in [0.717, 1.165) is 29.9 Å². The molecular weight excluding hydrogens is 342 g/mol. The Labute approximate surface area is 158 Å². The summed E-state index contributed by atoms with van der Waals surface area (Å²) in [4.78, 5) is 28.9. The smallest absolute Gasteiger partial charge is 0.254 e. The van der Waals surface area contributed by atoms with Crippen LogP contribution in [-0.2, 0) is 22.5 Å². The van der Waals surface area contributed by atoms with Gasteiger partial charge in [-0.05, 0) is 35.4 Å². The molecule has 2 heterocycles. The number of hydrogen-bond donors (Lipinski definition) is 1. The molecular formula is C21H23N3O3. The zero-order valence-corrected chi connectivity index (χ0v) is 15.1. The van der Waals surface area contributed by atoms with Gasteiger partial charge in [-0.2, -0.15) is 0 Å². The van der Waals surface area contributed by atoms with Crippen molar-refractivity contribution in [2.24, 2.45) is 5.73 Å².